The molecular formula is C13H18BrNO4. The van der Waals surface area contributed by atoms with Gasteiger partial charge in [0.2, 0.25) is 0 Å². The van der Waals surface area contributed by atoms with E-state index in [4.69, 9.17) is 4.74 Å². The quantitative estimate of drug-likeness (QED) is 0.556. The highest BCUT2D eigenvalue weighted by Crippen LogP contribution is 2.16. The van der Waals surface area contributed by atoms with Crippen LogP contribution in [0.25, 0.3) is 0 Å². The van der Waals surface area contributed by atoms with Gasteiger partial charge in [-0.25, -0.2) is 0 Å². The highest BCUT2D eigenvalue weighted by Gasteiger charge is 2.06. The van der Waals surface area contributed by atoms with Crippen LogP contribution in [0.3, 0.4) is 0 Å². The number of aliphatic hydroxyl groups excluding tert-OH is 1. The van der Waals surface area contributed by atoms with Gasteiger partial charge in [0.05, 0.1) is 13.5 Å². The zero-order valence-corrected chi connectivity index (χ0v) is 12.4. The Morgan fingerprint density at radius 1 is 1.42 bits per heavy atom. The molecule has 1 aromatic rings. The maximum absolute atomic E-state index is 10.8. The van der Waals surface area contributed by atoms with Gasteiger partial charge in [-0.2, -0.15) is 0 Å². The minimum atomic E-state index is -0.624. The predicted octanol–water partition coefficient (Wildman–Crippen LogP) is 1.34. The van der Waals surface area contributed by atoms with E-state index >= 15 is 0 Å². The lowest BCUT2D eigenvalue weighted by Gasteiger charge is -2.13. The molecule has 2 N–H and O–H groups in total. The Hall–Kier alpha value is -1.11. The van der Waals surface area contributed by atoms with Crippen LogP contribution in [0, 0.1) is 0 Å². The second-order valence-corrected chi connectivity index (χ2v) is 4.86. The number of ether oxygens (including phenoxy) is 2. The number of hydrogen-bond acceptors (Lipinski definition) is 5. The summed E-state index contributed by atoms with van der Waals surface area (Å²) in [5, 5.41) is 12.6. The van der Waals surface area contributed by atoms with Gasteiger partial charge in [0.1, 0.15) is 18.5 Å². The SMILES string of the molecule is COC(=O)CCNCC(O)COc1ccc(Br)cc1. The molecule has 1 atom stereocenters. The molecule has 0 aromatic heterocycles. The second-order valence-electron chi connectivity index (χ2n) is 3.95. The van der Waals surface area contributed by atoms with Gasteiger partial charge in [0, 0.05) is 17.6 Å². The van der Waals surface area contributed by atoms with Gasteiger partial charge in [0.25, 0.3) is 0 Å². The number of carbonyl (C=O) groups excluding carboxylic acids is 1. The second kappa shape index (κ2) is 8.90. The molecule has 0 saturated heterocycles. The van der Waals surface area contributed by atoms with Gasteiger partial charge in [-0.05, 0) is 24.3 Å². The molecule has 0 saturated carbocycles. The summed E-state index contributed by atoms with van der Waals surface area (Å²) in [6.45, 7) is 1.04. The summed E-state index contributed by atoms with van der Waals surface area (Å²) in [6, 6.07) is 7.38. The first-order valence-electron chi connectivity index (χ1n) is 5.96. The predicted molar refractivity (Wildman–Crippen MR) is 75.1 cm³/mol. The molecule has 106 valence electrons. The standard InChI is InChI=1S/C13H18BrNO4/c1-18-13(17)6-7-15-8-11(16)9-19-12-4-2-10(14)3-5-12/h2-5,11,15-16H,6-9H2,1H3. The van der Waals surface area contributed by atoms with E-state index in [9.17, 15) is 9.90 Å². The third-order valence-electron chi connectivity index (χ3n) is 2.37. The fourth-order valence-corrected chi connectivity index (χ4v) is 1.61. The smallest absolute Gasteiger partial charge is 0.306 e. The number of nitrogens with one attached hydrogen (secondary N) is 1. The van der Waals surface area contributed by atoms with Crippen LogP contribution in [-0.4, -0.2) is 44.0 Å². The maximum Gasteiger partial charge on any atom is 0.306 e. The molecule has 0 spiro atoms. The van der Waals surface area contributed by atoms with Gasteiger partial charge in [-0.15, -0.1) is 0 Å². The molecule has 5 nitrogen and oxygen atoms in total. The van der Waals surface area contributed by atoms with Crippen LogP contribution in [0.5, 0.6) is 5.75 Å². The first-order chi connectivity index (χ1) is 9.11. The van der Waals surface area contributed by atoms with Crippen molar-refractivity contribution in [1.29, 1.82) is 0 Å². The van der Waals surface area contributed by atoms with Crippen LogP contribution in [0.4, 0.5) is 0 Å². The van der Waals surface area contributed by atoms with E-state index < -0.39 is 6.10 Å². The monoisotopic (exact) mass is 331 g/mol. The first-order valence-corrected chi connectivity index (χ1v) is 6.75. The van der Waals surface area contributed by atoms with E-state index in [2.05, 4.69) is 26.0 Å². The number of hydrogen-bond donors (Lipinski definition) is 2. The average Bonchev–Trinajstić information content (AvgIpc) is 2.42. The molecule has 0 aliphatic rings. The first kappa shape index (κ1) is 15.9. The van der Waals surface area contributed by atoms with E-state index in [0.717, 1.165) is 4.47 Å². The van der Waals surface area contributed by atoms with Crippen molar-refractivity contribution in [3.63, 3.8) is 0 Å². The van der Waals surface area contributed by atoms with Crippen molar-refractivity contribution in [3.8, 4) is 5.75 Å². The number of carbonyl (C=O) groups is 1. The highest BCUT2D eigenvalue weighted by atomic mass is 79.9. The summed E-state index contributed by atoms with van der Waals surface area (Å²) in [6.07, 6.45) is -0.335. The molecule has 0 fully saturated rings. The largest absolute Gasteiger partial charge is 0.491 e. The fourth-order valence-electron chi connectivity index (χ4n) is 1.34. The number of halogens is 1. The Balaban J connectivity index is 2.12. The summed E-state index contributed by atoms with van der Waals surface area (Å²) in [5.41, 5.74) is 0. The number of benzene rings is 1. The van der Waals surface area contributed by atoms with Gasteiger partial charge in [-0.3, -0.25) is 4.79 Å². The Morgan fingerprint density at radius 3 is 2.74 bits per heavy atom. The molecule has 6 heteroatoms. The number of methoxy groups -OCH3 is 1. The van der Waals surface area contributed by atoms with Crippen LogP contribution in [0.1, 0.15) is 6.42 Å². The average molecular weight is 332 g/mol. The molecule has 0 bridgehead atoms. The Morgan fingerprint density at radius 2 is 2.11 bits per heavy atom. The normalized spacial score (nSPS) is 11.9. The summed E-state index contributed by atoms with van der Waals surface area (Å²) >= 11 is 3.33. The zero-order chi connectivity index (χ0) is 14.1. The Labute approximate surface area is 121 Å². The maximum atomic E-state index is 10.8. The third kappa shape index (κ3) is 7.15. The van der Waals surface area contributed by atoms with Gasteiger partial charge in [-0.1, -0.05) is 15.9 Å². The lowest BCUT2D eigenvalue weighted by atomic mass is 10.3. The van der Waals surface area contributed by atoms with Crippen LogP contribution in [0.15, 0.2) is 28.7 Å². The molecule has 0 aliphatic carbocycles. The van der Waals surface area contributed by atoms with Gasteiger partial charge < -0.3 is 19.9 Å². The molecule has 0 radical (unpaired) electrons. The minimum absolute atomic E-state index is 0.201. The molecule has 19 heavy (non-hydrogen) atoms. The van der Waals surface area contributed by atoms with Crippen molar-refractivity contribution in [2.45, 2.75) is 12.5 Å². The van der Waals surface area contributed by atoms with Crippen molar-refractivity contribution in [2.24, 2.45) is 0 Å². The molecule has 0 amide bonds. The van der Waals surface area contributed by atoms with Crippen molar-refractivity contribution in [3.05, 3.63) is 28.7 Å². The molecule has 0 aliphatic heterocycles. The Kier molecular flexibility index (Phi) is 7.47. The lowest BCUT2D eigenvalue weighted by molar-refractivity contribution is -0.140. The number of aliphatic hydroxyl groups is 1. The molecule has 1 aromatic carbocycles. The zero-order valence-electron chi connectivity index (χ0n) is 10.8. The van der Waals surface area contributed by atoms with Crippen molar-refractivity contribution in [2.75, 3.05) is 26.8 Å². The topological polar surface area (TPSA) is 67.8 Å². The summed E-state index contributed by atoms with van der Waals surface area (Å²) < 4.78 is 10.9. The summed E-state index contributed by atoms with van der Waals surface area (Å²) in [7, 11) is 1.35. The van der Waals surface area contributed by atoms with E-state index in [1.54, 1.807) is 0 Å². The summed E-state index contributed by atoms with van der Waals surface area (Å²) in [4.78, 5) is 10.8. The minimum Gasteiger partial charge on any atom is -0.491 e. The van der Waals surface area contributed by atoms with Gasteiger partial charge >= 0.3 is 5.97 Å². The molecular weight excluding hydrogens is 314 g/mol. The molecule has 1 rings (SSSR count). The third-order valence-corrected chi connectivity index (χ3v) is 2.90. The fraction of sp³-hybridized carbons (Fsp3) is 0.462. The van der Waals surface area contributed by atoms with E-state index in [0.29, 0.717) is 18.8 Å². The van der Waals surface area contributed by atoms with Crippen molar-refractivity contribution in [1.82, 2.24) is 5.32 Å². The van der Waals surface area contributed by atoms with Crippen LogP contribution >= 0.6 is 15.9 Å². The lowest BCUT2D eigenvalue weighted by Crippen LogP contribution is -2.32. The van der Waals surface area contributed by atoms with E-state index in [1.807, 2.05) is 24.3 Å². The van der Waals surface area contributed by atoms with Crippen LogP contribution in [-0.2, 0) is 9.53 Å². The number of esters is 1. The molecule has 0 heterocycles. The summed E-state index contributed by atoms with van der Waals surface area (Å²) in [5.74, 6) is 0.435. The van der Waals surface area contributed by atoms with Crippen molar-refractivity contribution < 1.29 is 19.4 Å². The van der Waals surface area contributed by atoms with Crippen LogP contribution in [0.2, 0.25) is 0 Å². The highest BCUT2D eigenvalue weighted by molar-refractivity contribution is 9.10. The van der Waals surface area contributed by atoms with Crippen LogP contribution < -0.4 is 10.1 Å². The Bertz CT molecular complexity index is 383. The van der Waals surface area contributed by atoms with E-state index in [-0.39, 0.29) is 19.0 Å². The molecule has 1 unspecified atom stereocenters. The van der Waals surface area contributed by atoms with E-state index in [1.165, 1.54) is 7.11 Å². The van der Waals surface area contributed by atoms with Gasteiger partial charge in [0.15, 0.2) is 0 Å². The number of rotatable bonds is 8. The van der Waals surface area contributed by atoms with Crippen molar-refractivity contribution >= 4 is 21.9 Å².